The molecule has 8 heteroatoms. The molecule has 1 amide bonds. The van der Waals surface area contributed by atoms with Crippen LogP contribution in [0.5, 0.6) is 0 Å². The summed E-state index contributed by atoms with van der Waals surface area (Å²) in [4.78, 5) is 36.1. The van der Waals surface area contributed by atoms with E-state index < -0.39 is 11.4 Å². The first-order chi connectivity index (χ1) is 12.6. The number of halogens is 1. The van der Waals surface area contributed by atoms with E-state index in [1.54, 1.807) is 6.92 Å². The van der Waals surface area contributed by atoms with Crippen molar-refractivity contribution < 1.29 is 14.3 Å². The molecule has 2 aliphatic rings. The Labute approximate surface area is 158 Å². The Balaban J connectivity index is 1.83. The van der Waals surface area contributed by atoms with Gasteiger partial charge in [-0.2, -0.15) is 0 Å². The maximum absolute atomic E-state index is 12.9. The van der Waals surface area contributed by atoms with E-state index in [9.17, 15) is 9.59 Å². The standard InChI is InChI=1S/C18H25ClN4O3/c1-2-26-16(25)18(8-4-3-5-9-18)22-15(24)14-13(19)12-20-17(21-14)23-10-6-7-11-23/h12H,2-11H2,1H3,(H,22,24). The molecule has 1 aromatic heterocycles. The molecule has 7 nitrogen and oxygen atoms in total. The first-order valence-electron chi connectivity index (χ1n) is 9.33. The summed E-state index contributed by atoms with van der Waals surface area (Å²) in [6.07, 6.45) is 7.54. The molecule has 1 saturated heterocycles. The van der Waals surface area contributed by atoms with E-state index in [-0.39, 0.29) is 23.3 Å². The Morgan fingerprint density at radius 1 is 1.23 bits per heavy atom. The Kier molecular flexibility index (Phi) is 5.96. The molecule has 0 atom stereocenters. The number of nitrogens with one attached hydrogen (secondary N) is 1. The van der Waals surface area contributed by atoms with Gasteiger partial charge in [0.15, 0.2) is 5.69 Å². The normalized spacial score (nSPS) is 19.2. The minimum atomic E-state index is -0.993. The topological polar surface area (TPSA) is 84.4 Å². The maximum atomic E-state index is 12.9. The first kappa shape index (κ1) is 18.9. The van der Waals surface area contributed by atoms with E-state index >= 15 is 0 Å². The third kappa shape index (κ3) is 3.92. The highest BCUT2D eigenvalue weighted by atomic mass is 35.5. The Morgan fingerprint density at radius 2 is 1.92 bits per heavy atom. The summed E-state index contributed by atoms with van der Waals surface area (Å²) in [5, 5.41) is 3.07. The second kappa shape index (κ2) is 8.20. The van der Waals surface area contributed by atoms with Gasteiger partial charge in [-0.15, -0.1) is 0 Å². The molecule has 0 radical (unpaired) electrons. The fourth-order valence-corrected chi connectivity index (χ4v) is 3.84. The fourth-order valence-electron chi connectivity index (χ4n) is 3.67. The monoisotopic (exact) mass is 380 g/mol. The molecular formula is C18H25ClN4O3. The van der Waals surface area contributed by atoms with Gasteiger partial charge in [0.25, 0.3) is 5.91 Å². The number of hydrogen-bond donors (Lipinski definition) is 1. The summed E-state index contributed by atoms with van der Waals surface area (Å²) < 4.78 is 5.23. The predicted molar refractivity (Wildman–Crippen MR) is 98.4 cm³/mol. The lowest BCUT2D eigenvalue weighted by atomic mass is 9.81. The van der Waals surface area contributed by atoms with Crippen molar-refractivity contribution in [1.29, 1.82) is 0 Å². The lowest BCUT2D eigenvalue weighted by Crippen LogP contribution is -2.56. The highest BCUT2D eigenvalue weighted by Gasteiger charge is 2.43. The van der Waals surface area contributed by atoms with Crippen molar-refractivity contribution in [3.8, 4) is 0 Å². The maximum Gasteiger partial charge on any atom is 0.331 e. The van der Waals surface area contributed by atoms with Crippen molar-refractivity contribution >= 4 is 29.4 Å². The van der Waals surface area contributed by atoms with Gasteiger partial charge in [-0.1, -0.05) is 30.9 Å². The van der Waals surface area contributed by atoms with Crippen LogP contribution in [0.1, 0.15) is 62.4 Å². The largest absolute Gasteiger partial charge is 0.464 e. The van der Waals surface area contributed by atoms with Gasteiger partial charge in [-0.25, -0.2) is 14.8 Å². The number of carbonyl (C=O) groups is 2. The van der Waals surface area contributed by atoms with Crippen LogP contribution in [0.25, 0.3) is 0 Å². The summed E-state index contributed by atoms with van der Waals surface area (Å²) in [5.74, 6) is -0.323. The van der Waals surface area contributed by atoms with E-state index in [0.717, 1.165) is 45.2 Å². The van der Waals surface area contributed by atoms with E-state index in [1.807, 2.05) is 4.90 Å². The van der Waals surface area contributed by atoms with Gasteiger partial charge in [-0.3, -0.25) is 4.79 Å². The minimum absolute atomic E-state index is 0.109. The van der Waals surface area contributed by atoms with Crippen LogP contribution in [0.3, 0.4) is 0 Å². The van der Waals surface area contributed by atoms with Crippen molar-refractivity contribution in [2.24, 2.45) is 0 Å². The van der Waals surface area contributed by atoms with Gasteiger partial charge >= 0.3 is 5.97 Å². The molecule has 0 spiro atoms. The average Bonchev–Trinajstić information content (AvgIpc) is 3.17. The van der Waals surface area contributed by atoms with Gasteiger partial charge in [0.1, 0.15) is 5.54 Å². The van der Waals surface area contributed by atoms with E-state index in [2.05, 4.69) is 15.3 Å². The van der Waals surface area contributed by atoms with Gasteiger partial charge in [-0.05, 0) is 32.6 Å². The van der Waals surface area contributed by atoms with Crippen LogP contribution in [-0.4, -0.2) is 47.1 Å². The molecule has 1 aliphatic carbocycles. The van der Waals surface area contributed by atoms with E-state index in [4.69, 9.17) is 16.3 Å². The van der Waals surface area contributed by atoms with Crippen LogP contribution < -0.4 is 10.2 Å². The number of rotatable bonds is 5. The number of aromatic nitrogens is 2. The molecular weight excluding hydrogens is 356 g/mol. The Bertz CT molecular complexity index is 670. The zero-order chi connectivity index (χ0) is 18.6. The number of anilines is 1. The van der Waals surface area contributed by atoms with Crippen LogP contribution in [-0.2, 0) is 9.53 Å². The molecule has 2 fully saturated rings. The van der Waals surface area contributed by atoms with Crippen molar-refractivity contribution in [3.63, 3.8) is 0 Å². The molecule has 1 aromatic rings. The lowest BCUT2D eigenvalue weighted by Gasteiger charge is -2.35. The third-order valence-corrected chi connectivity index (χ3v) is 5.34. The molecule has 1 saturated carbocycles. The second-order valence-corrected chi connectivity index (χ2v) is 7.29. The number of hydrogen-bond acceptors (Lipinski definition) is 6. The van der Waals surface area contributed by atoms with Crippen molar-refractivity contribution in [2.75, 3.05) is 24.6 Å². The average molecular weight is 381 g/mol. The number of ether oxygens (including phenoxy) is 1. The summed E-state index contributed by atoms with van der Waals surface area (Å²) in [7, 11) is 0. The summed E-state index contributed by atoms with van der Waals surface area (Å²) in [5.41, 5.74) is -0.884. The molecule has 1 N–H and O–H groups in total. The molecule has 2 heterocycles. The molecule has 0 bridgehead atoms. The summed E-state index contributed by atoms with van der Waals surface area (Å²) in [6, 6.07) is 0. The van der Waals surface area contributed by atoms with Crippen molar-refractivity contribution in [2.45, 2.75) is 57.4 Å². The lowest BCUT2D eigenvalue weighted by molar-refractivity contribution is -0.152. The fraction of sp³-hybridized carbons (Fsp3) is 0.667. The molecule has 0 aromatic carbocycles. The first-order valence-corrected chi connectivity index (χ1v) is 9.71. The number of carbonyl (C=O) groups excluding carboxylic acids is 2. The SMILES string of the molecule is CCOC(=O)C1(NC(=O)c2nc(N3CCCC3)ncc2Cl)CCCCC1. The molecule has 0 unspecified atom stereocenters. The zero-order valence-corrected chi connectivity index (χ0v) is 15.8. The number of nitrogens with zero attached hydrogens (tertiary/aromatic N) is 3. The highest BCUT2D eigenvalue weighted by Crippen LogP contribution is 2.30. The van der Waals surface area contributed by atoms with Crippen molar-refractivity contribution in [1.82, 2.24) is 15.3 Å². The molecule has 3 rings (SSSR count). The number of esters is 1. The highest BCUT2D eigenvalue weighted by molar-refractivity contribution is 6.33. The van der Waals surface area contributed by atoms with Crippen LogP contribution in [0.2, 0.25) is 5.02 Å². The van der Waals surface area contributed by atoms with Crippen molar-refractivity contribution in [3.05, 3.63) is 16.9 Å². The second-order valence-electron chi connectivity index (χ2n) is 6.88. The predicted octanol–water partition coefficient (Wildman–Crippen LogP) is 2.73. The molecule has 142 valence electrons. The smallest absolute Gasteiger partial charge is 0.331 e. The minimum Gasteiger partial charge on any atom is -0.464 e. The van der Waals surface area contributed by atoms with Crippen LogP contribution in [0.15, 0.2) is 6.20 Å². The van der Waals surface area contributed by atoms with Crippen LogP contribution in [0.4, 0.5) is 5.95 Å². The Hall–Kier alpha value is -1.89. The molecule has 26 heavy (non-hydrogen) atoms. The van der Waals surface area contributed by atoms with Crippen LogP contribution in [0, 0.1) is 0 Å². The van der Waals surface area contributed by atoms with E-state index in [1.165, 1.54) is 6.20 Å². The van der Waals surface area contributed by atoms with Gasteiger partial charge in [0.05, 0.1) is 17.8 Å². The van der Waals surface area contributed by atoms with Gasteiger partial charge in [0.2, 0.25) is 5.95 Å². The summed E-state index contributed by atoms with van der Waals surface area (Å²) in [6.45, 7) is 3.79. The van der Waals surface area contributed by atoms with Crippen LogP contribution >= 0.6 is 11.6 Å². The van der Waals surface area contributed by atoms with Gasteiger partial charge < -0.3 is 15.0 Å². The molecule has 1 aliphatic heterocycles. The zero-order valence-electron chi connectivity index (χ0n) is 15.1. The Morgan fingerprint density at radius 3 is 2.58 bits per heavy atom. The van der Waals surface area contributed by atoms with Gasteiger partial charge in [0, 0.05) is 13.1 Å². The van der Waals surface area contributed by atoms with E-state index in [0.29, 0.717) is 18.8 Å². The third-order valence-electron chi connectivity index (χ3n) is 5.06. The number of amides is 1. The summed E-state index contributed by atoms with van der Waals surface area (Å²) >= 11 is 6.18. The quantitative estimate of drug-likeness (QED) is 0.790.